The van der Waals surface area contributed by atoms with Crippen molar-refractivity contribution in [1.82, 2.24) is 9.78 Å². The molecule has 3 aromatic carbocycles. The maximum atomic E-state index is 6.05. The lowest BCUT2D eigenvalue weighted by Crippen LogP contribution is -2.46. The molecular weight excluding hydrogens is 488 g/mol. The number of aromatic nitrogens is 2. The van der Waals surface area contributed by atoms with Gasteiger partial charge in [-0.05, 0) is 74.5 Å². The number of para-hydroxylation sites is 2. The molecule has 0 amide bonds. The van der Waals surface area contributed by atoms with E-state index in [9.17, 15) is 0 Å². The fourth-order valence-electron chi connectivity index (χ4n) is 5.19. The van der Waals surface area contributed by atoms with Gasteiger partial charge >= 0.3 is 0 Å². The predicted octanol–water partition coefficient (Wildman–Crippen LogP) is 6.89. The maximum absolute atomic E-state index is 6.05. The lowest BCUT2D eigenvalue weighted by molar-refractivity contribution is 0.415. The van der Waals surface area contributed by atoms with E-state index in [1.165, 1.54) is 5.56 Å². The van der Waals surface area contributed by atoms with Crippen molar-refractivity contribution in [2.75, 3.05) is 17.3 Å². The topological polar surface area (TPSA) is 80.2 Å². The second kappa shape index (κ2) is 9.02. The number of ether oxygens (including phenoxy) is 1. The molecule has 1 atom stereocenters. The highest BCUT2D eigenvalue weighted by Gasteiger charge is 2.42. The number of nitrogens with zero attached hydrogens (tertiary/aromatic N) is 5. The number of anilines is 2. The minimum atomic E-state index is -0.286. The summed E-state index contributed by atoms with van der Waals surface area (Å²) < 4.78 is 13.3. The highest BCUT2D eigenvalue weighted by atomic mass is 16.5. The molecule has 8 heteroatoms. The number of furan rings is 1. The molecule has 0 spiro atoms. The zero-order valence-corrected chi connectivity index (χ0v) is 21.8. The Bertz CT molecular complexity index is 1730. The van der Waals surface area contributed by atoms with Crippen molar-refractivity contribution in [2.45, 2.75) is 19.9 Å². The molecule has 8 nitrogen and oxygen atoms in total. The molecule has 0 bridgehead atoms. The lowest BCUT2D eigenvalue weighted by Gasteiger charge is -2.39. The van der Waals surface area contributed by atoms with Crippen LogP contribution < -0.4 is 15.0 Å². The number of aryl methyl sites for hydroxylation is 2. The number of aliphatic imine (C=N–C) groups is 2. The molecule has 2 aliphatic heterocycles. The predicted molar refractivity (Wildman–Crippen MR) is 153 cm³/mol. The van der Waals surface area contributed by atoms with Gasteiger partial charge in [0.25, 0.3) is 0 Å². The molecule has 7 rings (SSSR count). The van der Waals surface area contributed by atoms with Gasteiger partial charge < -0.3 is 19.4 Å². The Balaban J connectivity index is 1.46. The number of hydrogen-bond donors (Lipinski definition) is 1. The number of amidine groups is 2. The van der Waals surface area contributed by atoms with Crippen LogP contribution in [0.15, 0.2) is 106 Å². The summed E-state index contributed by atoms with van der Waals surface area (Å²) in [5.74, 6) is 3.67. The molecule has 0 saturated carbocycles. The molecule has 0 fully saturated rings. The van der Waals surface area contributed by atoms with Crippen LogP contribution in [0.1, 0.15) is 28.6 Å². The van der Waals surface area contributed by atoms with Gasteiger partial charge in [0, 0.05) is 5.69 Å². The third-order valence-corrected chi connectivity index (χ3v) is 7.08. The van der Waals surface area contributed by atoms with Crippen molar-refractivity contribution in [3.63, 3.8) is 0 Å². The summed E-state index contributed by atoms with van der Waals surface area (Å²) in [6.07, 6.45) is 1.71. The van der Waals surface area contributed by atoms with Crippen LogP contribution in [-0.2, 0) is 0 Å². The van der Waals surface area contributed by atoms with Gasteiger partial charge in [-0.1, -0.05) is 29.8 Å². The number of rotatable bonds is 4. The molecule has 39 heavy (non-hydrogen) atoms. The first-order valence-electron chi connectivity index (χ1n) is 12.8. The number of hydrogen-bond acceptors (Lipinski definition) is 7. The van der Waals surface area contributed by atoms with Crippen molar-refractivity contribution in [1.29, 1.82) is 0 Å². The Hall–Kier alpha value is -5.11. The van der Waals surface area contributed by atoms with Crippen LogP contribution in [0.3, 0.4) is 0 Å². The molecule has 0 unspecified atom stereocenters. The zero-order valence-electron chi connectivity index (χ0n) is 21.8. The van der Waals surface area contributed by atoms with E-state index < -0.39 is 0 Å². The van der Waals surface area contributed by atoms with Crippen molar-refractivity contribution < 1.29 is 9.15 Å². The summed E-state index contributed by atoms with van der Waals surface area (Å²) in [5, 5.41) is 8.47. The van der Waals surface area contributed by atoms with E-state index in [2.05, 4.69) is 47.5 Å². The average Bonchev–Trinajstić information content (AvgIpc) is 3.61. The van der Waals surface area contributed by atoms with Crippen LogP contribution in [0.5, 0.6) is 5.75 Å². The van der Waals surface area contributed by atoms with E-state index in [-0.39, 0.29) is 6.04 Å². The normalized spacial score (nSPS) is 15.6. The Morgan fingerprint density at radius 3 is 2.41 bits per heavy atom. The summed E-state index contributed by atoms with van der Waals surface area (Å²) in [4.78, 5) is 12.5. The lowest BCUT2D eigenvalue weighted by atomic mass is 9.98. The third-order valence-electron chi connectivity index (χ3n) is 7.08. The average molecular weight is 515 g/mol. The van der Waals surface area contributed by atoms with E-state index in [0.717, 1.165) is 51.3 Å². The Kier molecular flexibility index (Phi) is 5.33. The first-order valence-corrected chi connectivity index (χ1v) is 12.8. The monoisotopic (exact) mass is 514 g/mol. The molecule has 4 heterocycles. The Morgan fingerprint density at radius 2 is 1.67 bits per heavy atom. The molecule has 5 aromatic rings. The quantitative estimate of drug-likeness (QED) is 0.283. The van der Waals surface area contributed by atoms with Gasteiger partial charge in [-0.2, -0.15) is 5.10 Å². The summed E-state index contributed by atoms with van der Waals surface area (Å²) in [7, 11) is 1.66. The summed E-state index contributed by atoms with van der Waals surface area (Å²) in [5.41, 5.74) is 6.68. The molecule has 2 aliphatic rings. The Morgan fingerprint density at radius 1 is 0.872 bits per heavy atom. The van der Waals surface area contributed by atoms with Crippen LogP contribution in [0, 0.1) is 13.8 Å². The molecule has 2 aromatic heterocycles. The van der Waals surface area contributed by atoms with Crippen molar-refractivity contribution in [3.05, 3.63) is 114 Å². The summed E-state index contributed by atoms with van der Waals surface area (Å²) in [6, 6.07) is 27.8. The minimum Gasteiger partial charge on any atom is -0.497 e. The molecule has 192 valence electrons. The van der Waals surface area contributed by atoms with E-state index >= 15 is 0 Å². The highest BCUT2D eigenvalue weighted by molar-refractivity contribution is 6.51. The van der Waals surface area contributed by atoms with Crippen LogP contribution in [0.25, 0.3) is 5.69 Å². The fraction of sp³-hybridized carbons (Fsp3) is 0.129. The van der Waals surface area contributed by atoms with Crippen LogP contribution in [0.2, 0.25) is 0 Å². The van der Waals surface area contributed by atoms with Gasteiger partial charge in [-0.3, -0.25) is 0 Å². The van der Waals surface area contributed by atoms with Gasteiger partial charge in [0.2, 0.25) is 0 Å². The minimum absolute atomic E-state index is 0.286. The fourth-order valence-corrected chi connectivity index (χ4v) is 5.19. The zero-order chi connectivity index (χ0) is 26.5. The smallest absolute Gasteiger partial charge is 0.179 e. The van der Waals surface area contributed by atoms with Crippen molar-refractivity contribution in [3.8, 4) is 11.4 Å². The molecule has 0 aliphatic carbocycles. The van der Waals surface area contributed by atoms with Crippen LogP contribution in [0.4, 0.5) is 22.9 Å². The molecule has 0 saturated heterocycles. The third kappa shape index (κ3) is 3.80. The number of nitrogens with one attached hydrogen (secondary N) is 1. The highest BCUT2D eigenvalue weighted by Crippen LogP contribution is 2.48. The van der Waals surface area contributed by atoms with Crippen molar-refractivity contribution >= 4 is 34.6 Å². The van der Waals surface area contributed by atoms with E-state index in [1.807, 2.05) is 66.2 Å². The largest absolute Gasteiger partial charge is 0.497 e. The number of benzene rings is 3. The van der Waals surface area contributed by atoms with Gasteiger partial charge in [-0.25, -0.2) is 14.7 Å². The van der Waals surface area contributed by atoms with E-state index in [1.54, 1.807) is 13.4 Å². The second-order valence-electron chi connectivity index (χ2n) is 9.60. The SMILES string of the molecule is COc1ccc(NC2=Nc3ccccc3N3C2=Nc2c(c(C)nn2-c2ccc(C)cc2)[C@H]3c2ccco2)cc1. The first kappa shape index (κ1) is 23.0. The van der Waals surface area contributed by atoms with Crippen molar-refractivity contribution in [2.24, 2.45) is 9.98 Å². The number of methoxy groups -OCH3 is 1. The first-order chi connectivity index (χ1) is 19.1. The standard InChI is InChI=1S/C31H26N6O2/c1-19-10-14-22(15-11-19)37-30-27(20(2)35-37)28(26-9-6-18-39-26)36-25-8-5-4-7-24(25)33-29(31(36)34-30)32-21-12-16-23(38-3)17-13-21/h4-18,28H,1-3H3,(H,32,33)/t28-/m1/s1. The van der Waals surface area contributed by atoms with E-state index in [4.69, 9.17) is 24.2 Å². The van der Waals surface area contributed by atoms with Gasteiger partial charge in [0.15, 0.2) is 17.5 Å². The van der Waals surface area contributed by atoms with Gasteiger partial charge in [0.05, 0.1) is 41.7 Å². The van der Waals surface area contributed by atoms with Crippen LogP contribution >= 0.6 is 0 Å². The number of fused-ring (bicyclic) bond motifs is 4. The van der Waals surface area contributed by atoms with Gasteiger partial charge in [-0.15, -0.1) is 0 Å². The maximum Gasteiger partial charge on any atom is 0.179 e. The summed E-state index contributed by atoms with van der Waals surface area (Å²) >= 11 is 0. The molecule has 0 radical (unpaired) electrons. The van der Waals surface area contributed by atoms with E-state index in [0.29, 0.717) is 11.7 Å². The van der Waals surface area contributed by atoms with Crippen LogP contribution in [-0.4, -0.2) is 28.6 Å². The second-order valence-corrected chi connectivity index (χ2v) is 9.60. The summed E-state index contributed by atoms with van der Waals surface area (Å²) in [6.45, 7) is 4.10. The molecule has 1 N–H and O–H groups in total. The molecular formula is C31H26N6O2. The Labute approximate surface area is 225 Å². The van der Waals surface area contributed by atoms with Gasteiger partial charge in [0.1, 0.15) is 17.6 Å².